The highest BCUT2D eigenvalue weighted by molar-refractivity contribution is 7.99. The van der Waals surface area contributed by atoms with Crippen LogP contribution in [0.3, 0.4) is 0 Å². The standard InChI is InChI=1S/C23H18Cl2N4OS/c24-18-11-9-16(10-12-18)13-26-28-22(30)15-31-23-27-20-7-3-4-8-21(20)29(23)14-17-5-1-2-6-19(17)25/h1-13H,14-15H2,(H,28,30). The van der Waals surface area contributed by atoms with E-state index in [1.807, 2.05) is 60.7 Å². The number of para-hydroxylation sites is 2. The van der Waals surface area contributed by atoms with Crippen molar-refractivity contribution in [3.05, 3.63) is 94.0 Å². The zero-order valence-electron chi connectivity index (χ0n) is 16.3. The molecule has 1 N–H and O–H groups in total. The van der Waals surface area contributed by atoms with Crippen LogP contribution in [0, 0.1) is 0 Å². The van der Waals surface area contributed by atoms with Crippen LogP contribution in [-0.2, 0) is 11.3 Å². The number of fused-ring (bicyclic) bond motifs is 1. The second-order valence-electron chi connectivity index (χ2n) is 6.69. The van der Waals surface area contributed by atoms with Crippen LogP contribution in [0.5, 0.6) is 0 Å². The Labute approximate surface area is 194 Å². The number of hydrogen-bond donors (Lipinski definition) is 1. The van der Waals surface area contributed by atoms with Gasteiger partial charge in [0.15, 0.2) is 5.16 Å². The number of halogens is 2. The number of imidazole rings is 1. The van der Waals surface area contributed by atoms with Crippen molar-refractivity contribution in [2.24, 2.45) is 5.10 Å². The first-order valence-electron chi connectivity index (χ1n) is 9.49. The minimum atomic E-state index is -0.216. The Kier molecular flexibility index (Phi) is 6.92. The molecule has 0 aliphatic rings. The monoisotopic (exact) mass is 468 g/mol. The predicted octanol–water partition coefficient (Wildman–Crippen LogP) is 5.63. The van der Waals surface area contributed by atoms with E-state index in [9.17, 15) is 4.79 Å². The molecule has 0 aliphatic carbocycles. The highest BCUT2D eigenvalue weighted by Crippen LogP contribution is 2.27. The Morgan fingerprint density at radius 3 is 2.58 bits per heavy atom. The van der Waals surface area contributed by atoms with E-state index in [1.165, 1.54) is 11.8 Å². The summed E-state index contributed by atoms with van der Waals surface area (Å²) < 4.78 is 2.07. The van der Waals surface area contributed by atoms with Crippen LogP contribution in [0.4, 0.5) is 0 Å². The summed E-state index contributed by atoms with van der Waals surface area (Å²) in [6.45, 7) is 0.568. The summed E-state index contributed by atoms with van der Waals surface area (Å²) in [7, 11) is 0. The predicted molar refractivity (Wildman–Crippen MR) is 128 cm³/mol. The number of nitrogens with zero attached hydrogens (tertiary/aromatic N) is 3. The molecule has 31 heavy (non-hydrogen) atoms. The molecule has 1 aromatic heterocycles. The lowest BCUT2D eigenvalue weighted by molar-refractivity contribution is -0.118. The van der Waals surface area contributed by atoms with Gasteiger partial charge in [0, 0.05) is 10.0 Å². The van der Waals surface area contributed by atoms with E-state index in [-0.39, 0.29) is 11.7 Å². The first-order chi connectivity index (χ1) is 15.1. The first-order valence-corrected chi connectivity index (χ1v) is 11.2. The van der Waals surface area contributed by atoms with Crippen LogP contribution in [-0.4, -0.2) is 27.4 Å². The van der Waals surface area contributed by atoms with Gasteiger partial charge in [-0.3, -0.25) is 4.79 Å². The third kappa shape index (κ3) is 5.47. The van der Waals surface area contributed by atoms with Gasteiger partial charge in [0.2, 0.25) is 0 Å². The van der Waals surface area contributed by atoms with Crippen molar-refractivity contribution in [1.29, 1.82) is 0 Å². The van der Waals surface area contributed by atoms with Crippen molar-refractivity contribution in [2.45, 2.75) is 11.7 Å². The Hall–Kier alpha value is -2.80. The second-order valence-corrected chi connectivity index (χ2v) is 8.48. The molecule has 156 valence electrons. The molecular weight excluding hydrogens is 451 g/mol. The summed E-state index contributed by atoms with van der Waals surface area (Å²) in [6.07, 6.45) is 1.57. The van der Waals surface area contributed by atoms with Gasteiger partial charge < -0.3 is 4.57 Å². The fourth-order valence-electron chi connectivity index (χ4n) is 3.00. The van der Waals surface area contributed by atoms with E-state index in [4.69, 9.17) is 28.2 Å². The summed E-state index contributed by atoms with van der Waals surface area (Å²) in [5.41, 5.74) is 6.25. The normalized spacial score (nSPS) is 11.3. The molecule has 1 heterocycles. The molecule has 0 spiro atoms. The van der Waals surface area contributed by atoms with Gasteiger partial charge in [0.25, 0.3) is 5.91 Å². The van der Waals surface area contributed by atoms with E-state index in [1.54, 1.807) is 18.3 Å². The number of hydrogen-bond acceptors (Lipinski definition) is 4. The van der Waals surface area contributed by atoms with E-state index < -0.39 is 0 Å². The van der Waals surface area contributed by atoms with E-state index in [0.29, 0.717) is 16.6 Å². The quantitative estimate of drug-likeness (QED) is 0.217. The Morgan fingerprint density at radius 1 is 1.03 bits per heavy atom. The van der Waals surface area contributed by atoms with Crippen molar-refractivity contribution in [2.75, 3.05) is 5.75 Å². The van der Waals surface area contributed by atoms with Crippen LogP contribution in [0.15, 0.2) is 83.1 Å². The van der Waals surface area contributed by atoms with Gasteiger partial charge in [0.05, 0.1) is 29.5 Å². The molecule has 4 aromatic rings. The number of carbonyl (C=O) groups is 1. The zero-order valence-corrected chi connectivity index (χ0v) is 18.7. The maximum Gasteiger partial charge on any atom is 0.250 e. The van der Waals surface area contributed by atoms with Gasteiger partial charge in [-0.2, -0.15) is 5.10 Å². The molecule has 5 nitrogen and oxygen atoms in total. The van der Waals surface area contributed by atoms with Crippen LogP contribution in [0.25, 0.3) is 11.0 Å². The Balaban J connectivity index is 1.46. The maximum absolute atomic E-state index is 12.3. The van der Waals surface area contributed by atoms with E-state index >= 15 is 0 Å². The number of rotatable bonds is 7. The molecule has 0 unspecified atom stereocenters. The highest BCUT2D eigenvalue weighted by atomic mass is 35.5. The third-order valence-corrected chi connectivity index (χ3v) is 6.11. The summed E-state index contributed by atoms with van der Waals surface area (Å²) >= 11 is 13.6. The number of thioether (sulfide) groups is 1. The molecule has 4 rings (SSSR count). The van der Waals surface area contributed by atoms with Crippen LogP contribution >= 0.6 is 35.0 Å². The van der Waals surface area contributed by atoms with Crippen LogP contribution in [0.1, 0.15) is 11.1 Å². The number of amides is 1. The second kappa shape index (κ2) is 10.0. The molecule has 3 aromatic carbocycles. The lowest BCUT2D eigenvalue weighted by atomic mass is 10.2. The van der Waals surface area contributed by atoms with Crippen LogP contribution in [0.2, 0.25) is 10.0 Å². The summed E-state index contributed by atoms with van der Waals surface area (Å²) in [4.78, 5) is 17.0. The fourth-order valence-corrected chi connectivity index (χ4v) is 4.13. The molecular formula is C23H18Cl2N4OS. The topological polar surface area (TPSA) is 59.3 Å². The molecule has 8 heteroatoms. The molecule has 0 radical (unpaired) electrons. The summed E-state index contributed by atoms with van der Waals surface area (Å²) in [5, 5.41) is 6.10. The summed E-state index contributed by atoms with van der Waals surface area (Å²) in [6, 6.07) is 22.8. The van der Waals surface area contributed by atoms with Gasteiger partial charge >= 0.3 is 0 Å². The van der Waals surface area contributed by atoms with Gasteiger partial charge in [-0.25, -0.2) is 10.4 Å². The van der Waals surface area contributed by atoms with Crippen molar-refractivity contribution < 1.29 is 4.79 Å². The van der Waals surface area contributed by atoms with Gasteiger partial charge in [-0.1, -0.05) is 77.4 Å². The minimum Gasteiger partial charge on any atom is -0.314 e. The van der Waals surface area contributed by atoms with Crippen molar-refractivity contribution >= 4 is 58.1 Å². The van der Waals surface area contributed by atoms with Crippen molar-refractivity contribution in [3.8, 4) is 0 Å². The number of aromatic nitrogens is 2. The maximum atomic E-state index is 12.3. The minimum absolute atomic E-state index is 0.184. The number of hydrazone groups is 1. The lowest BCUT2D eigenvalue weighted by Crippen LogP contribution is -2.20. The van der Waals surface area contributed by atoms with E-state index in [0.717, 1.165) is 27.3 Å². The number of benzene rings is 3. The smallest absolute Gasteiger partial charge is 0.250 e. The Bertz CT molecular complexity index is 1240. The van der Waals surface area contributed by atoms with Gasteiger partial charge in [0.1, 0.15) is 0 Å². The SMILES string of the molecule is O=C(CSc1nc2ccccc2n1Cc1ccccc1Cl)NN=Cc1ccc(Cl)cc1. The molecule has 0 fully saturated rings. The third-order valence-electron chi connectivity index (χ3n) is 4.51. The average molecular weight is 469 g/mol. The van der Waals surface area contributed by atoms with Gasteiger partial charge in [-0.15, -0.1) is 0 Å². The van der Waals surface area contributed by atoms with Crippen molar-refractivity contribution in [3.63, 3.8) is 0 Å². The average Bonchev–Trinajstić information content (AvgIpc) is 3.13. The van der Waals surface area contributed by atoms with Gasteiger partial charge in [-0.05, 0) is 41.5 Å². The Morgan fingerprint density at radius 2 is 1.77 bits per heavy atom. The molecule has 0 aliphatic heterocycles. The number of nitrogens with one attached hydrogen (secondary N) is 1. The molecule has 1 amide bonds. The molecule has 0 atom stereocenters. The molecule has 0 saturated heterocycles. The fraction of sp³-hybridized carbons (Fsp3) is 0.0870. The number of carbonyl (C=O) groups excluding carboxylic acids is 1. The highest BCUT2D eigenvalue weighted by Gasteiger charge is 2.14. The zero-order chi connectivity index (χ0) is 21.6. The molecule has 0 bridgehead atoms. The lowest BCUT2D eigenvalue weighted by Gasteiger charge is -2.10. The van der Waals surface area contributed by atoms with Crippen LogP contribution < -0.4 is 5.43 Å². The molecule has 0 saturated carbocycles. The largest absolute Gasteiger partial charge is 0.314 e. The van der Waals surface area contributed by atoms with Crippen molar-refractivity contribution in [1.82, 2.24) is 15.0 Å². The van der Waals surface area contributed by atoms with E-state index in [2.05, 4.69) is 15.1 Å². The summed E-state index contributed by atoms with van der Waals surface area (Å²) in [5.74, 6) is -0.0318. The first kappa shape index (κ1) is 21.4.